The average Bonchev–Trinajstić information content (AvgIpc) is 3.14. The minimum Gasteiger partial charge on any atom is -0.493 e. The second-order valence-electron chi connectivity index (χ2n) is 7.38. The highest BCUT2D eigenvalue weighted by molar-refractivity contribution is 9.10. The Morgan fingerprint density at radius 1 is 0.909 bits per heavy atom. The molecule has 0 unspecified atom stereocenters. The van der Waals surface area contributed by atoms with Crippen molar-refractivity contribution in [3.63, 3.8) is 0 Å². The summed E-state index contributed by atoms with van der Waals surface area (Å²) < 4.78 is 29.1. The molecule has 3 aromatic carbocycles. The molecule has 0 spiro atoms. The van der Waals surface area contributed by atoms with E-state index in [1.54, 1.807) is 44.6 Å². The molecule has 33 heavy (non-hydrogen) atoms. The maximum absolute atomic E-state index is 13.0. The first kappa shape index (κ1) is 22.7. The fraction of sp³-hybridized carbons (Fsp3) is 0.192. The topological polar surface area (TPSA) is 63.2 Å². The number of allylic oxidation sites excluding steroid dienone is 1. The standard InChI is InChI=1S/C26H23BrO6/c1-15-20(32-14-16-5-7-18(27)8-6-16)10-9-19-24(28)21(33-25(15)19)11-17-12-22(29-2)26(31-4)23(13-17)30-3/h5-13H,14H2,1-4H3/b21-11-. The third-order valence-corrected chi connectivity index (χ3v) is 5.86. The van der Waals surface area contributed by atoms with E-state index < -0.39 is 0 Å². The normalized spacial score (nSPS) is 13.5. The van der Waals surface area contributed by atoms with Crippen LogP contribution in [0, 0.1) is 6.92 Å². The molecular formula is C26H23BrO6. The van der Waals surface area contributed by atoms with Gasteiger partial charge in [0, 0.05) is 10.0 Å². The van der Waals surface area contributed by atoms with Gasteiger partial charge < -0.3 is 23.7 Å². The summed E-state index contributed by atoms with van der Waals surface area (Å²) in [5, 5.41) is 0. The number of benzene rings is 3. The average molecular weight is 511 g/mol. The molecular weight excluding hydrogens is 488 g/mol. The van der Waals surface area contributed by atoms with Crippen molar-refractivity contribution in [1.29, 1.82) is 0 Å². The highest BCUT2D eigenvalue weighted by Crippen LogP contribution is 2.42. The molecule has 0 N–H and O–H groups in total. The predicted octanol–water partition coefficient (Wildman–Crippen LogP) is 5.98. The Hall–Kier alpha value is -3.45. The molecule has 0 aromatic heterocycles. The molecule has 3 aromatic rings. The summed E-state index contributed by atoms with van der Waals surface area (Å²) in [5.41, 5.74) is 3.00. The molecule has 7 heteroatoms. The lowest BCUT2D eigenvalue weighted by Gasteiger charge is -2.13. The smallest absolute Gasteiger partial charge is 0.231 e. The van der Waals surface area contributed by atoms with Crippen LogP contribution >= 0.6 is 15.9 Å². The zero-order valence-electron chi connectivity index (χ0n) is 18.7. The molecule has 0 bridgehead atoms. The van der Waals surface area contributed by atoms with Crippen molar-refractivity contribution in [3.8, 4) is 28.7 Å². The van der Waals surface area contributed by atoms with Gasteiger partial charge in [0.05, 0.1) is 26.9 Å². The van der Waals surface area contributed by atoms with Crippen LogP contribution in [0.15, 0.2) is 58.8 Å². The van der Waals surface area contributed by atoms with Gasteiger partial charge in [0.1, 0.15) is 18.1 Å². The summed E-state index contributed by atoms with van der Waals surface area (Å²) in [5.74, 6) is 2.66. The number of Topliss-reactive ketones (excluding diaryl/α,β-unsaturated/α-hetero) is 1. The largest absolute Gasteiger partial charge is 0.493 e. The van der Waals surface area contributed by atoms with Crippen molar-refractivity contribution < 1.29 is 28.5 Å². The fourth-order valence-corrected chi connectivity index (χ4v) is 3.87. The Bertz CT molecular complexity index is 1210. The molecule has 1 heterocycles. The Kier molecular flexibility index (Phi) is 6.60. The lowest BCUT2D eigenvalue weighted by Crippen LogP contribution is -1.99. The van der Waals surface area contributed by atoms with Crippen molar-refractivity contribution in [1.82, 2.24) is 0 Å². The van der Waals surface area contributed by atoms with Crippen molar-refractivity contribution >= 4 is 27.8 Å². The van der Waals surface area contributed by atoms with E-state index in [9.17, 15) is 4.79 Å². The molecule has 170 valence electrons. The molecule has 0 radical (unpaired) electrons. The third-order valence-electron chi connectivity index (χ3n) is 5.33. The first-order valence-corrected chi connectivity index (χ1v) is 11.0. The number of carbonyl (C=O) groups excluding carboxylic acids is 1. The van der Waals surface area contributed by atoms with Crippen molar-refractivity contribution in [2.45, 2.75) is 13.5 Å². The van der Waals surface area contributed by atoms with Gasteiger partial charge in [0.25, 0.3) is 0 Å². The number of ether oxygens (including phenoxy) is 5. The second-order valence-corrected chi connectivity index (χ2v) is 8.29. The number of rotatable bonds is 7. The highest BCUT2D eigenvalue weighted by Gasteiger charge is 2.30. The van der Waals surface area contributed by atoms with Gasteiger partial charge >= 0.3 is 0 Å². The molecule has 1 aliphatic heterocycles. The number of carbonyl (C=O) groups is 1. The van der Waals surface area contributed by atoms with E-state index in [-0.39, 0.29) is 11.5 Å². The summed E-state index contributed by atoms with van der Waals surface area (Å²) in [6.07, 6.45) is 1.66. The predicted molar refractivity (Wildman–Crippen MR) is 129 cm³/mol. The Labute approximate surface area is 200 Å². The van der Waals surface area contributed by atoms with Gasteiger partial charge in [-0.25, -0.2) is 0 Å². The lowest BCUT2D eigenvalue weighted by molar-refractivity contribution is 0.101. The molecule has 1 aliphatic rings. The summed E-state index contributed by atoms with van der Waals surface area (Å²) in [6, 6.07) is 15.0. The van der Waals surface area contributed by atoms with E-state index in [4.69, 9.17) is 23.7 Å². The third kappa shape index (κ3) is 4.54. The van der Waals surface area contributed by atoms with Gasteiger partial charge in [0.15, 0.2) is 17.3 Å². The Morgan fingerprint density at radius 2 is 1.58 bits per heavy atom. The van der Waals surface area contributed by atoms with E-state index in [1.807, 2.05) is 31.2 Å². The van der Waals surface area contributed by atoms with Gasteiger partial charge in [-0.05, 0) is 60.5 Å². The van der Waals surface area contributed by atoms with Gasteiger partial charge in [0.2, 0.25) is 11.5 Å². The maximum atomic E-state index is 13.0. The van der Waals surface area contributed by atoms with Crippen molar-refractivity contribution in [2.24, 2.45) is 0 Å². The van der Waals surface area contributed by atoms with Gasteiger partial charge in [-0.1, -0.05) is 28.1 Å². The number of hydrogen-bond donors (Lipinski definition) is 0. The maximum Gasteiger partial charge on any atom is 0.231 e. The van der Waals surface area contributed by atoms with Crippen LogP contribution in [0.4, 0.5) is 0 Å². The van der Waals surface area contributed by atoms with Gasteiger partial charge in [-0.15, -0.1) is 0 Å². The molecule has 0 saturated carbocycles. The zero-order valence-corrected chi connectivity index (χ0v) is 20.3. The SMILES string of the molecule is COc1cc(/C=C2\Oc3c(ccc(OCc4ccc(Br)cc4)c3C)C2=O)cc(OC)c1OC. The molecule has 0 atom stereocenters. The van der Waals surface area contributed by atoms with Crippen LogP contribution in [-0.2, 0) is 6.61 Å². The van der Waals surface area contributed by atoms with Crippen LogP contribution in [0.1, 0.15) is 27.0 Å². The van der Waals surface area contributed by atoms with Gasteiger partial charge in [-0.3, -0.25) is 4.79 Å². The molecule has 0 aliphatic carbocycles. The van der Waals surface area contributed by atoms with E-state index in [0.717, 1.165) is 15.6 Å². The van der Waals surface area contributed by atoms with E-state index >= 15 is 0 Å². The first-order chi connectivity index (χ1) is 15.9. The Balaban J connectivity index is 1.60. The van der Waals surface area contributed by atoms with Crippen molar-refractivity contribution in [3.05, 3.63) is 81.0 Å². The summed E-state index contributed by atoms with van der Waals surface area (Å²) in [6.45, 7) is 2.29. The quantitative estimate of drug-likeness (QED) is 0.364. The molecule has 0 fully saturated rings. The number of methoxy groups -OCH3 is 3. The summed E-state index contributed by atoms with van der Waals surface area (Å²) in [4.78, 5) is 13.0. The number of hydrogen-bond acceptors (Lipinski definition) is 6. The minimum atomic E-state index is -0.193. The van der Waals surface area contributed by atoms with Crippen LogP contribution in [0.3, 0.4) is 0 Å². The number of halogens is 1. The van der Waals surface area contributed by atoms with Crippen LogP contribution in [-0.4, -0.2) is 27.1 Å². The van der Waals surface area contributed by atoms with Crippen LogP contribution < -0.4 is 23.7 Å². The number of fused-ring (bicyclic) bond motifs is 1. The monoisotopic (exact) mass is 510 g/mol. The van der Waals surface area contributed by atoms with E-state index in [1.165, 1.54) is 7.11 Å². The molecule has 0 amide bonds. The lowest BCUT2D eigenvalue weighted by atomic mass is 10.1. The number of ketones is 1. The summed E-state index contributed by atoms with van der Waals surface area (Å²) in [7, 11) is 4.62. The minimum absolute atomic E-state index is 0.193. The Morgan fingerprint density at radius 3 is 2.18 bits per heavy atom. The van der Waals surface area contributed by atoms with Crippen molar-refractivity contribution in [2.75, 3.05) is 21.3 Å². The first-order valence-electron chi connectivity index (χ1n) is 10.2. The molecule has 6 nitrogen and oxygen atoms in total. The zero-order chi connectivity index (χ0) is 23.5. The fourth-order valence-electron chi connectivity index (χ4n) is 3.60. The van der Waals surface area contributed by atoms with Gasteiger partial charge in [-0.2, -0.15) is 0 Å². The van der Waals surface area contributed by atoms with Crippen LogP contribution in [0.5, 0.6) is 28.7 Å². The highest BCUT2D eigenvalue weighted by atomic mass is 79.9. The molecule has 0 saturated heterocycles. The van der Waals surface area contributed by atoms with Crippen LogP contribution in [0.25, 0.3) is 6.08 Å². The van der Waals surface area contributed by atoms with E-state index in [2.05, 4.69) is 15.9 Å². The van der Waals surface area contributed by atoms with E-state index in [0.29, 0.717) is 46.5 Å². The summed E-state index contributed by atoms with van der Waals surface area (Å²) >= 11 is 3.43. The van der Waals surface area contributed by atoms with Crippen LogP contribution in [0.2, 0.25) is 0 Å². The molecule has 4 rings (SSSR count). The second kappa shape index (κ2) is 9.58.